The number of benzene rings is 1. The van der Waals surface area contributed by atoms with Crippen molar-refractivity contribution < 1.29 is 14.3 Å². The van der Waals surface area contributed by atoms with Crippen LogP contribution in [0.1, 0.15) is 51.6 Å². The van der Waals surface area contributed by atoms with Crippen molar-refractivity contribution in [2.45, 2.75) is 51.7 Å². The number of carbonyl (C=O) groups is 2. The largest absolute Gasteiger partial charge is 0.444 e. The fourth-order valence-corrected chi connectivity index (χ4v) is 4.36. The predicted octanol–water partition coefficient (Wildman–Crippen LogP) is 3.78. The van der Waals surface area contributed by atoms with Gasteiger partial charge >= 0.3 is 6.09 Å². The third-order valence-electron chi connectivity index (χ3n) is 5.65. The van der Waals surface area contributed by atoms with E-state index in [2.05, 4.69) is 5.32 Å². The minimum atomic E-state index is -0.488. The summed E-state index contributed by atoms with van der Waals surface area (Å²) in [4.78, 5) is 26.9. The van der Waals surface area contributed by atoms with E-state index in [1.54, 1.807) is 4.90 Å². The van der Waals surface area contributed by atoms with Crippen LogP contribution in [-0.2, 0) is 9.53 Å². The van der Waals surface area contributed by atoms with Gasteiger partial charge in [-0.25, -0.2) is 4.79 Å². The fraction of sp³-hybridized carbons (Fsp3) is 0.591. The Morgan fingerprint density at radius 3 is 2.36 bits per heavy atom. The minimum absolute atomic E-state index is 0.0206. The third-order valence-corrected chi connectivity index (χ3v) is 5.65. The van der Waals surface area contributed by atoms with E-state index in [0.717, 1.165) is 18.4 Å². The van der Waals surface area contributed by atoms with Crippen molar-refractivity contribution in [3.63, 3.8) is 0 Å². The Labute approximate surface area is 167 Å². The van der Waals surface area contributed by atoms with Gasteiger partial charge in [0.25, 0.3) is 0 Å². The van der Waals surface area contributed by atoms with Crippen molar-refractivity contribution >= 4 is 18.2 Å². The number of hydrogen-bond acceptors (Lipinski definition) is 4. The Morgan fingerprint density at radius 2 is 1.82 bits per heavy atom. The molecule has 2 aliphatic rings. The standard InChI is InChI=1S/C22H31N3O3/c1-22(2,3)28-21(27)25-13-17-11-16(12-18(17)14-25)20(26)24-19(9-10-23)15-7-5-4-6-8-15/h4-8,10,16-19,23H,9,11-14H2,1-3H3,(H,24,26). The van der Waals surface area contributed by atoms with Crippen molar-refractivity contribution in [2.24, 2.45) is 17.8 Å². The molecule has 6 nitrogen and oxygen atoms in total. The Bertz CT molecular complexity index is 699. The maximum Gasteiger partial charge on any atom is 0.410 e. The van der Waals surface area contributed by atoms with Gasteiger partial charge in [-0.2, -0.15) is 0 Å². The van der Waals surface area contributed by atoms with E-state index in [9.17, 15) is 9.59 Å². The van der Waals surface area contributed by atoms with Gasteiger partial charge in [0.1, 0.15) is 5.60 Å². The van der Waals surface area contributed by atoms with E-state index in [4.69, 9.17) is 10.1 Å². The lowest BCUT2D eigenvalue weighted by atomic mass is 10.0. The molecule has 1 aliphatic carbocycles. The van der Waals surface area contributed by atoms with Gasteiger partial charge in [-0.3, -0.25) is 4.79 Å². The van der Waals surface area contributed by atoms with Crippen molar-refractivity contribution in [2.75, 3.05) is 13.1 Å². The first-order valence-corrected chi connectivity index (χ1v) is 10.1. The zero-order chi connectivity index (χ0) is 20.3. The molecule has 1 aromatic rings. The zero-order valence-electron chi connectivity index (χ0n) is 17.0. The minimum Gasteiger partial charge on any atom is -0.444 e. The second-order valence-corrected chi connectivity index (χ2v) is 8.99. The molecule has 3 rings (SSSR count). The number of nitrogens with one attached hydrogen (secondary N) is 2. The molecule has 1 saturated carbocycles. The number of nitrogens with zero attached hydrogens (tertiary/aromatic N) is 1. The highest BCUT2D eigenvalue weighted by Gasteiger charge is 2.45. The number of amides is 2. The van der Waals surface area contributed by atoms with Crippen molar-refractivity contribution in [1.82, 2.24) is 10.2 Å². The van der Waals surface area contributed by atoms with Gasteiger partial charge in [0.15, 0.2) is 0 Å². The Hall–Kier alpha value is -2.37. The first-order valence-electron chi connectivity index (χ1n) is 10.1. The highest BCUT2D eigenvalue weighted by Crippen LogP contribution is 2.42. The molecule has 0 aromatic heterocycles. The van der Waals surface area contributed by atoms with Gasteiger partial charge in [-0.15, -0.1) is 0 Å². The summed E-state index contributed by atoms with van der Waals surface area (Å²) >= 11 is 0. The lowest BCUT2D eigenvalue weighted by Gasteiger charge is -2.25. The Balaban J connectivity index is 1.54. The number of ether oxygens (including phenoxy) is 1. The summed E-state index contributed by atoms with van der Waals surface area (Å²) in [6, 6.07) is 9.65. The van der Waals surface area contributed by atoms with Crippen LogP contribution in [0.15, 0.2) is 30.3 Å². The van der Waals surface area contributed by atoms with Gasteiger partial charge in [-0.1, -0.05) is 30.3 Å². The van der Waals surface area contributed by atoms with Crippen LogP contribution in [0.2, 0.25) is 0 Å². The highest BCUT2D eigenvalue weighted by molar-refractivity contribution is 5.80. The van der Waals surface area contributed by atoms with Crippen LogP contribution >= 0.6 is 0 Å². The molecule has 0 radical (unpaired) electrons. The lowest BCUT2D eigenvalue weighted by Crippen LogP contribution is -2.37. The molecule has 2 fully saturated rings. The molecular weight excluding hydrogens is 354 g/mol. The monoisotopic (exact) mass is 385 g/mol. The molecule has 2 N–H and O–H groups in total. The Morgan fingerprint density at radius 1 is 1.21 bits per heavy atom. The molecule has 1 heterocycles. The normalized spacial score (nSPS) is 25.1. The fourth-order valence-electron chi connectivity index (χ4n) is 4.36. The van der Waals surface area contributed by atoms with E-state index < -0.39 is 5.60 Å². The number of rotatable bonds is 5. The van der Waals surface area contributed by atoms with Gasteiger partial charge in [0.05, 0.1) is 6.04 Å². The van der Waals surface area contributed by atoms with Crippen molar-refractivity contribution in [3.8, 4) is 0 Å². The highest BCUT2D eigenvalue weighted by atomic mass is 16.6. The summed E-state index contributed by atoms with van der Waals surface area (Å²) in [7, 11) is 0. The number of likely N-dealkylation sites (tertiary alicyclic amines) is 1. The molecule has 28 heavy (non-hydrogen) atoms. The summed E-state index contributed by atoms with van der Waals surface area (Å²) in [5, 5.41) is 10.6. The van der Waals surface area contributed by atoms with E-state index in [1.165, 1.54) is 6.21 Å². The molecule has 0 bridgehead atoms. The van der Waals surface area contributed by atoms with Crippen LogP contribution < -0.4 is 5.32 Å². The van der Waals surface area contributed by atoms with E-state index >= 15 is 0 Å². The van der Waals surface area contributed by atoms with E-state index in [1.807, 2.05) is 51.1 Å². The number of hydrogen-bond donors (Lipinski definition) is 2. The van der Waals surface area contributed by atoms with Crippen molar-refractivity contribution in [3.05, 3.63) is 35.9 Å². The second-order valence-electron chi connectivity index (χ2n) is 8.99. The summed E-state index contributed by atoms with van der Waals surface area (Å²) in [5.41, 5.74) is 0.534. The molecular formula is C22H31N3O3. The molecule has 0 spiro atoms. The van der Waals surface area contributed by atoms with Crippen molar-refractivity contribution in [1.29, 1.82) is 5.41 Å². The Kier molecular flexibility index (Phi) is 6.06. The smallest absolute Gasteiger partial charge is 0.410 e. The zero-order valence-corrected chi connectivity index (χ0v) is 17.0. The quantitative estimate of drug-likeness (QED) is 0.757. The topological polar surface area (TPSA) is 82.5 Å². The molecule has 1 aliphatic heterocycles. The number of fused-ring (bicyclic) bond motifs is 1. The van der Waals surface area contributed by atoms with E-state index in [0.29, 0.717) is 31.3 Å². The second kappa shape index (κ2) is 8.33. The van der Waals surface area contributed by atoms with Crippen LogP contribution in [0.4, 0.5) is 4.79 Å². The molecule has 2 amide bonds. The molecule has 3 unspecified atom stereocenters. The van der Waals surface area contributed by atoms with E-state index in [-0.39, 0.29) is 24.0 Å². The summed E-state index contributed by atoms with van der Waals surface area (Å²) in [6.07, 6.45) is 3.20. The van der Waals surface area contributed by atoms with Crippen LogP contribution in [0.25, 0.3) is 0 Å². The average molecular weight is 386 g/mol. The van der Waals surface area contributed by atoms with Gasteiger partial charge in [0, 0.05) is 25.4 Å². The first-order chi connectivity index (χ1) is 13.3. The van der Waals surface area contributed by atoms with Gasteiger partial charge in [-0.05, 0) is 57.2 Å². The summed E-state index contributed by atoms with van der Waals surface area (Å²) in [6.45, 7) is 6.97. The third kappa shape index (κ3) is 4.91. The average Bonchev–Trinajstić information content (AvgIpc) is 3.20. The van der Waals surface area contributed by atoms with Gasteiger partial charge < -0.3 is 20.4 Å². The number of carbonyl (C=O) groups excluding carboxylic acids is 2. The molecule has 3 atom stereocenters. The van der Waals surface area contributed by atoms with Crippen LogP contribution in [-0.4, -0.2) is 41.8 Å². The molecule has 1 aromatic carbocycles. The summed E-state index contributed by atoms with van der Waals surface area (Å²) < 4.78 is 5.48. The van der Waals surface area contributed by atoms with Crippen LogP contribution in [0.3, 0.4) is 0 Å². The molecule has 6 heteroatoms. The maximum atomic E-state index is 12.8. The predicted molar refractivity (Wildman–Crippen MR) is 108 cm³/mol. The SMILES string of the molecule is CC(C)(C)OC(=O)N1CC2CC(C(=O)NC(CC=N)c3ccccc3)CC2C1. The maximum absolute atomic E-state index is 12.8. The first kappa shape index (κ1) is 20.4. The molecule has 152 valence electrons. The van der Waals surface area contributed by atoms with Crippen LogP contribution in [0, 0.1) is 23.2 Å². The van der Waals surface area contributed by atoms with Gasteiger partial charge in [0.2, 0.25) is 5.91 Å². The lowest BCUT2D eigenvalue weighted by molar-refractivity contribution is -0.125. The van der Waals surface area contributed by atoms with Crippen LogP contribution in [0.5, 0.6) is 0 Å². The summed E-state index contributed by atoms with van der Waals surface area (Å²) in [5.74, 6) is 0.768. The molecule has 1 saturated heterocycles.